The summed E-state index contributed by atoms with van der Waals surface area (Å²) in [5.74, 6) is 0.908. The van der Waals surface area contributed by atoms with Crippen LogP contribution in [0.15, 0.2) is 29.2 Å². The van der Waals surface area contributed by atoms with Crippen LogP contribution in [-0.2, 0) is 16.1 Å². The van der Waals surface area contributed by atoms with Crippen molar-refractivity contribution in [2.75, 3.05) is 45.0 Å². The fourth-order valence-corrected chi connectivity index (χ4v) is 4.45. The molecule has 0 spiro atoms. The van der Waals surface area contributed by atoms with Crippen LogP contribution in [0.25, 0.3) is 0 Å². The van der Waals surface area contributed by atoms with Crippen molar-refractivity contribution in [3.05, 3.63) is 29.8 Å². The predicted octanol–water partition coefficient (Wildman–Crippen LogP) is 6.99. The normalized spacial score (nSPS) is 13.5. The van der Waals surface area contributed by atoms with Gasteiger partial charge in [0.25, 0.3) is 0 Å². The summed E-state index contributed by atoms with van der Waals surface area (Å²) in [4.78, 5) is 17.1. The number of likely N-dealkylation sites (N-methyl/N-ethyl adjacent to an activating group) is 1. The molecule has 1 fully saturated rings. The minimum Gasteiger partial charge on any atom is -0.461 e. The Morgan fingerprint density at radius 2 is 1.42 bits per heavy atom. The van der Waals surface area contributed by atoms with Crippen LogP contribution in [0.1, 0.15) is 73.8 Å². The summed E-state index contributed by atoms with van der Waals surface area (Å²) in [7, 11) is 3.73. The van der Waals surface area contributed by atoms with Gasteiger partial charge in [0.2, 0.25) is 0 Å². The second-order valence-electron chi connectivity index (χ2n) is 6.61. The van der Waals surface area contributed by atoms with Gasteiger partial charge in [-0.25, -0.2) is 0 Å². The number of piperazine rings is 1. The average molecular weight is 473 g/mol. The van der Waals surface area contributed by atoms with Crippen molar-refractivity contribution < 1.29 is 9.53 Å². The highest BCUT2D eigenvalue weighted by Crippen LogP contribution is 2.31. The summed E-state index contributed by atoms with van der Waals surface area (Å²) < 4.78 is 4.99. The quantitative estimate of drug-likeness (QED) is 0.219. The van der Waals surface area contributed by atoms with Crippen LogP contribution in [0.4, 0.5) is 0 Å². The molecule has 1 aromatic carbocycles. The van der Waals surface area contributed by atoms with E-state index in [0.29, 0.717) is 6.61 Å². The van der Waals surface area contributed by atoms with E-state index in [2.05, 4.69) is 42.7 Å². The standard InChI is InChI=1S/C17H26N2O2S2.C4H10.2C2H6/c1-3-18-8-10-19(11-9-18)12-13-22-23-17-6-4-16(5-7-17)14-21-15(2)20;1-3-4-2;2*1-2/h4-7H,3,8-14H2,1-2H3;3-4H2,1-2H3;2*1-2H3. The molecule has 0 aliphatic carbocycles. The van der Waals surface area contributed by atoms with Crippen LogP contribution in [0, 0.1) is 0 Å². The van der Waals surface area contributed by atoms with E-state index in [1.54, 1.807) is 0 Å². The molecule has 2 rings (SSSR count). The monoisotopic (exact) mass is 472 g/mol. The molecule has 1 heterocycles. The zero-order chi connectivity index (χ0) is 23.9. The van der Waals surface area contributed by atoms with E-state index in [-0.39, 0.29) is 5.97 Å². The van der Waals surface area contributed by atoms with Crippen molar-refractivity contribution in [1.82, 2.24) is 9.80 Å². The average Bonchev–Trinajstić information content (AvgIpc) is 2.84. The number of ether oxygens (including phenoxy) is 1. The van der Waals surface area contributed by atoms with Gasteiger partial charge in [0.05, 0.1) is 0 Å². The molecular weight excluding hydrogens is 424 g/mol. The Kier molecular flexibility index (Phi) is 25.1. The second kappa shape index (κ2) is 24.0. The van der Waals surface area contributed by atoms with E-state index < -0.39 is 0 Å². The summed E-state index contributed by atoms with van der Waals surface area (Å²) in [6.07, 6.45) is 2.64. The lowest BCUT2D eigenvalue weighted by molar-refractivity contribution is -0.142. The lowest BCUT2D eigenvalue weighted by Gasteiger charge is -2.33. The van der Waals surface area contributed by atoms with E-state index in [9.17, 15) is 4.79 Å². The first-order chi connectivity index (χ1) is 15.1. The molecule has 1 saturated heterocycles. The molecule has 0 radical (unpaired) electrons. The van der Waals surface area contributed by atoms with Crippen molar-refractivity contribution in [3.63, 3.8) is 0 Å². The third-order valence-electron chi connectivity index (χ3n) is 4.42. The minimum absolute atomic E-state index is 0.237. The van der Waals surface area contributed by atoms with Gasteiger partial charge in [0, 0.05) is 50.3 Å². The molecular formula is C25H48N2O2S2. The number of carbonyl (C=O) groups is 1. The van der Waals surface area contributed by atoms with Crippen LogP contribution < -0.4 is 0 Å². The molecule has 182 valence electrons. The van der Waals surface area contributed by atoms with Crippen LogP contribution in [0.5, 0.6) is 0 Å². The molecule has 0 atom stereocenters. The molecule has 31 heavy (non-hydrogen) atoms. The van der Waals surface area contributed by atoms with Gasteiger partial charge in [0.15, 0.2) is 0 Å². The number of benzene rings is 1. The van der Waals surface area contributed by atoms with Crippen molar-refractivity contribution in [1.29, 1.82) is 0 Å². The van der Waals surface area contributed by atoms with Crippen LogP contribution in [-0.4, -0.2) is 60.8 Å². The number of rotatable bonds is 9. The summed E-state index contributed by atoms with van der Waals surface area (Å²) in [5.41, 5.74) is 1.03. The van der Waals surface area contributed by atoms with Crippen LogP contribution in [0.3, 0.4) is 0 Å². The Balaban J connectivity index is 0. The van der Waals surface area contributed by atoms with E-state index >= 15 is 0 Å². The van der Waals surface area contributed by atoms with Gasteiger partial charge < -0.3 is 9.64 Å². The zero-order valence-electron chi connectivity index (χ0n) is 21.4. The number of hydrogen-bond acceptors (Lipinski definition) is 6. The SMILES string of the molecule is CC.CC.CCCC.CCN1CCN(CCSSc2ccc(COC(C)=O)cc2)CC1. The van der Waals surface area contributed by atoms with Crippen LogP contribution >= 0.6 is 21.6 Å². The summed E-state index contributed by atoms with van der Waals surface area (Å²) in [6, 6.07) is 8.23. The minimum atomic E-state index is -0.237. The maximum absolute atomic E-state index is 10.8. The molecule has 0 saturated carbocycles. The lowest BCUT2D eigenvalue weighted by atomic mass is 10.2. The number of nitrogens with zero attached hydrogens (tertiary/aromatic N) is 2. The highest BCUT2D eigenvalue weighted by Gasteiger charge is 2.14. The molecule has 4 nitrogen and oxygen atoms in total. The first-order valence-electron chi connectivity index (χ1n) is 12.0. The van der Waals surface area contributed by atoms with Gasteiger partial charge in [-0.05, 0) is 24.2 Å². The molecule has 6 heteroatoms. The summed E-state index contributed by atoms with van der Waals surface area (Å²) >= 11 is 0. The fraction of sp³-hybridized carbons (Fsp3) is 0.720. The Hall–Kier alpha value is -0.690. The summed E-state index contributed by atoms with van der Waals surface area (Å²) in [5, 5.41) is 0. The number of carbonyl (C=O) groups excluding carboxylic acids is 1. The highest BCUT2D eigenvalue weighted by molar-refractivity contribution is 8.76. The first-order valence-corrected chi connectivity index (χ1v) is 14.4. The van der Waals surface area contributed by atoms with Crippen molar-refractivity contribution >= 4 is 27.6 Å². The van der Waals surface area contributed by atoms with E-state index in [0.717, 1.165) is 11.3 Å². The van der Waals surface area contributed by atoms with Gasteiger partial charge in [-0.15, -0.1) is 0 Å². The molecule has 0 N–H and O–H groups in total. The van der Waals surface area contributed by atoms with Crippen molar-refractivity contribution in [2.45, 2.75) is 79.7 Å². The Morgan fingerprint density at radius 1 is 0.903 bits per heavy atom. The van der Waals surface area contributed by atoms with Crippen molar-refractivity contribution in [3.8, 4) is 0 Å². The Bertz CT molecular complexity index is 503. The fourth-order valence-electron chi connectivity index (χ4n) is 2.43. The van der Waals surface area contributed by atoms with Gasteiger partial charge in [0.1, 0.15) is 6.61 Å². The molecule has 1 aromatic rings. The molecule has 0 aromatic heterocycles. The molecule has 1 aliphatic rings. The molecule has 0 bridgehead atoms. The maximum atomic E-state index is 10.8. The number of unbranched alkanes of at least 4 members (excludes halogenated alkanes) is 1. The van der Waals surface area contributed by atoms with E-state index in [1.165, 1.54) is 63.9 Å². The third kappa shape index (κ3) is 18.6. The first kappa shape index (κ1) is 32.5. The van der Waals surface area contributed by atoms with Crippen molar-refractivity contribution in [2.24, 2.45) is 0 Å². The topological polar surface area (TPSA) is 32.8 Å². The van der Waals surface area contributed by atoms with E-state index in [4.69, 9.17) is 4.74 Å². The highest BCUT2D eigenvalue weighted by atomic mass is 33.1. The number of esters is 1. The van der Waals surface area contributed by atoms with Gasteiger partial charge in [-0.1, -0.05) is 95.0 Å². The second-order valence-corrected chi connectivity index (χ2v) is 9.09. The predicted molar refractivity (Wildman–Crippen MR) is 142 cm³/mol. The molecule has 0 amide bonds. The molecule has 1 aliphatic heterocycles. The molecule has 0 unspecified atom stereocenters. The zero-order valence-corrected chi connectivity index (χ0v) is 23.0. The van der Waals surface area contributed by atoms with Gasteiger partial charge in [-0.2, -0.15) is 0 Å². The van der Waals surface area contributed by atoms with E-state index in [1.807, 2.05) is 61.4 Å². The van der Waals surface area contributed by atoms with Gasteiger partial charge >= 0.3 is 5.97 Å². The lowest BCUT2D eigenvalue weighted by Crippen LogP contribution is -2.46. The Labute approximate surface area is 201 Å². The number of hydrogen-bond donors (Lipinski definition) is 0. The third-order valence-corrected chi connectivity index (χ3v) is 6.79. The maximum Gasteiger partial charge on any atom is 0.302 e. The largest absolute Gasteiger partial charge is 0.461 e. The van der Waals surface area contributed by atoms with Gasteiger partial charge in [-0.3, -0.25) is 9.69 Å². The Morgan fingerprint density at radius 3 is 1.87 bits per heavy atom. The smallest absolute Gasteiger partial charge is 0.302 e. The van der Waals surface area contributed by atoms with Crippen LogP contribution in [0.2, 0.25) is 0 Å². The summed E-state index contributed by atoms with van der Waals surface area (Å²) in [6.45, 7) is 23.5.